The minimum absolute atomic E-state index is 0.00259. The Hall–Kier alpha value is -3.83. The Balaban J connectivity index is 1.29. The van der Waals surface area contributed by atoms with Gasteiger partial charge in [-0.25, -0.2) is 13.4 Å². The van der Waals surface area contributed by atoms with Crippen LogP contribution >= 0.6 is 0 Å². The van der Waals surface area contributed by atoms with E-state index in [9.17, 15) is 18.3 Å². The summed E-state index contributed by atoms with van der Waals surface area (Å²) in [5, 5.41) is 14.9. The van der Waals surface area contributed by atoms with E-state index < -0.39 is 15.4 Å². The second-order valence-corrected chi connectivity index (χ2v) is 13.3. The van der Waals surface area contributed by atoms with Gasteiger partial charge in [0.25, 0.3) is 5.91 Å². The van der Waals surface area contributed by atoms with Crippen LogP contribution in [-0.4, -0.2) is 67.9 Å². The van der Waals surface area contributed by atoms with Crippen LogP contribution in [-0.2, 0) is 14.6 Å². The Labute approximate surface area is 231 Å². The molecule has 5 heterocycles. The number of aromatic nitrogens is 4. The van der Waals surface area contributed by atoms with Crippen molar-refractivity contribution in [3.8, 4) is 22.4 Å². The molecule has 3 N–H and O–H groups in total. The summed E-state index contributed by atoms with van der Waals surface area (Å²) in [6, 6.07) is 13.6. The molecule has 7 rings (SSSR count). The lowest BCUT2D eigenvalue weighted by atomic mass is 9.87. The van der Waals surface area contributed by atoms with Gasteiger partial charge in [-0.2, -0.15) is 9.61 Å². The van der Waals surface area contributed by atoms with Gasteiger partial charge in [0, 0.05) is 47.1 Å². The molecule has 0 spiro atoms. The number of nitrogens with zero attached hydrogens (tertiary/aromatic N) is 5. The van der Waals surface area contributed by atoms with Crippen molar-refractivity contribution in [1.29, 1.82) is 0 Å². The van der Waals surface area contributed by atoms with E-state index >= 15 is 0 Å². The molecular formula is C29H30N6O4S. The Kier molecular flexibility index (Phi) is 5.56. The molecule has 4 aromatic rings. The number of pyridine rings is 1. The molecule has 1 aromatic carbocycles. The van der Waals surface area contributed by atoms with Crippen molar-refractivity contribution < 1.29 is 18.3 Å². The first-order valence-corrected chi connectivity index (χ1v) is 15.5. The third kappa shape index (κ3) is 3.98. The molecular weight excluding hydrogens is 528 g/mol. The number of hydrogen-bond acceptors (Lipinski definition) is 8. The standard InChI is InChI=1S/C29H30N6O4S/c1-40(38,39)25-24(19-13-20-8-9-21(14-19)34(20)28(36)29(37)11-12-29)33-27-22(16-32-35(27)26(25)30)18-7-10-23(31-15-18)17-5-3-2-4-6-17/h2-7,10,15-16,19-21,37H,8-9,11-14,30H2,1H3/t19?,20-,21?/m0/s1. The number of nitrogens with two attached hydrogens (primary N) is 1. The molecule has 3 atom stereocenters. The number of sulfone groups is 1. The molecule has 10 nitrogen and oxygen atoms in total. The zero-order valence-corrected chi connectivity index (χ0v) is 22.9. The molecule has 2 unspecified atom stereocenters. The zero-order chi connectivity index (χ0) is 27.8. The van der Waals surface area contributed by atoms with Gasteiger partial charge in [-0.15, -0.1) is 0 Å². The van der Waals surface area contributed by atoms with E-state index in [0.29, 0.717) is 42.6 Å². The normalized spacial score (nSPS) is 23.4. The van der Waals surface area contributed by atoms with Crippen molar-refractivity contribution in [2.24, 2.45) is 0 Å². The number of anilines is 1. The number of carbonyl (C=O) groups is 1. The Morgan fingerprint density at radius 3 is 2.33 bits per heavy atom. The minimum atomic E-state index is -3.74. The SMILES string of the molecule is CS(=O)(=O)c1c(C2CC3CC[C@@H](C2)N3C(=O)C2(O)CC2)nc2c(-c3ccc(-c4ccccc4)nc3)cnn2c1N. The van der Waals surface area contributed by atoms with Gasteiger partial charge in [-0.1, -0.05) is 36.4 Å². The average Bonchev–Trinajstić information content (AvgIpc) is 3.46. The van der Waals surface area contributed by atoms with Crippen molar-refractivity contribution in [3.05, 3.63) is 60.6 Å². The quantitative estimate of drug-likeness (QED) is 0.380. The monoisotopic (exact) mass is 558 g/mol. The first kappa shape index (κ1) is 25.2. The molecule has 1 saturated carbocycles. The fourth-order valence-corrected chi connectivity index (χ4v) is 7.57. The van der Waals surface area contributed by atoms with Gasteiger partial charge in [-0.3, -0.25) is 9.78 Å². The lowest BCUT2D eigenvalue weighted by Gasteiger charge is -2.40. The molecule has 3 aromatic heterocycles. The second kappa shape index (κ2) is 8.84. The van der Waals surface area contributed by atoms with Gasteiger partial charge in [0.1, 0.15) is 16.3 Å². The maximum atomic E-state index is 13.0. The van der Waals surface area contributed by atoms with Crippen LogP contribution in [0.15, 0.2) is 59.8 Å². The van der Waals surface area contributed by atoms with Crippen molar-refractivity contribution in [3.63, 3.8) is 0 Å². The molecule has 40 heavy (non-hydrogen) atoms. The highest BCUT2D eigenvalue weighted by atomic mass is 32.2. The summed E-state index contributed by atoms with van der Waals surface area (Å²) < 4.78 is 27.4. The predicted molar refractivity (Wildman–Crippen MR) is 149 cm³/mol. The summed E-state index contributed by atoms with van der Waals surface area (Å²) in [4.78, 5) is 24.5. The Bertz CT molecular complexity index is 1730. The maximum absolute atomic E-state index is 13.0. The highest BCUT2D eigenvalue weighted by molar-refractivity contribution is 7.91. The molecule has 11 heteroatoms. The van der Waals surface area contributed by atoms with E-state index in [1.54, 1.807) is 12.4 Å². The summed E-state index contributed by atoms with van der Waals surface area (Å²) >= 11 is 0. The number of carbonyl (C=O) groups excluding carboxylic acids is 1. The summed E-state index contributed by atoms with van der Waals surface area (Å²) in [5.41, 5.74) is 9.50. The maximum Gasteiger partial charge on any atom is 0.255 e. The Morgan fingerprint density at radius 2 is 1.73 bits per heavy atom. The predicted octanol–water partition coefficient (Wildman–Crippen LogP) is 3.21. The lowest BCUT2D eigenvalue weighted by Crippen LogP contribution is -2.51. The topological polar surface area (TPSA) is 144 Å². The van der Waals surface area contributed by atoms with Gasteiger partial charge >= 0.3 is 0 Å². The van der Waals surface area contributed by atoms with Gasteiger partial charge in [0.2, 0.25) is 0 Å². The van der Waals surface area contributed by atoms with E-state index in [2.05, 4.69) is 10.1 Å². The molecule has 1 aliphatic carbocycles. The van der Waals surface area contributed by atoms with E-state index in [1.807, 2.05) is 47.4 Å². The van der Waals surface area contributed by atoms with Crippen LogP contribution < -0.4 is 5.73 Å². The van der Waals surface area contributed by atoms with E-state index in [0.717, 1.165) is 35.9 Å². The highest BCUT2D eigenvalue weighted by Gasteiger charge is 2.55. The number of aliphatic hydroxyl groups is 1. The molecule has 3 aliphatic rings. The number of hydrogen-bond donors (Lipinski definition) is 2. The number of rotatable bonds is 5. The number of benzene rings is 1. The van der Waals surface area contributed by atoms with Crippen LogP contribution in [0, 0.1) is 0 Å². The molecule has 2 bridgehead atoms. The Morgan fingerprint density at radius 1 is 1.02 bits per heavy atom. The summed E-state index contributed by atoms with van der Waals surface area (Å²) in [6.45, 7) is 0. The third-order valence-electron chi connectivity index (χ3n) is 8.65. The fraction of sp³-hybridized carbons (Fsp3) is 0.379. The molecule has 2 aliphatic heterocycles. The van der Waals surface area contributed by atoms with Crippen molar-refractivity contribution in [2.75, 3.05) is 12.0 Å². The first-order valence-electron chi connectivity index (χ1n) is 13.6. The summed E-state index contributed by atoms with van der Waals surface area (Å²) in [5.74, 6) is -0.358. The van der Waals surface area contributed by atoms with Crippen LogP contribution in [0.2, 0.25) is 0 Å². The molecule has 2 saturated heterocycles. The highest BCUT2D eigenvalue weighted by Crippen LogP contribution is 2.48. The average molecular weight is 559 g/mol. The van der Waals surface area contributed by atoms with E-state index in [1.165, 1.54) is 4.52 Å². The largest absolute Gasteiger partial charge is 0.382 e. The smallest absolute Gasteiger partial charge is 0.255 e. The van der Waals surface area contributed by atoms with Crippen molar-refractivity contribution >= 4 is 27.2 Å². The van der Waals surface area contributed by atoms with Crippen LogP contribution in [0.25, 0.3) is 28.0 Å². The molecule has 3 fully saturated rings. The van der Waals surface area contributed by atoms with E-state index in [-0.39, 0.29) is 34.6 Å². The summed E-state index contributed by atoms with van der Waals surface area (Å²) in [6.07, 6.45) is 8.33. The van der Waals surface area contributed by atoms with Crippen LogP contribution in [0.3, 0.4) is 0 Å². The van der Waals surface area contributed by atoms with E-state index in [4.69, 9.17) is 10.7 Å². The van der Waals surface area contributed by atoms with Crippen molar-refractivity contribution in [2.45, 2.75) is 67.0 Å². The summed E-state index contributed by atoms with van der Waals surface area (Å²) in [7, 11) is -3.74. The van der Waals surface area contributed by atoms with Gasteiger partial charge in [-0.05, 0) is 44.6 Å². The molecule has 0 radical (unpaired) electrons. The van der Waals surface area contributed by atoms with Gasteiger partial charge < -0.3 is 15.7 Å². The number of piperidine rings is 1. The zero-order valence-electron chi connectivity index (χ0n) is 22.1. The van der Waals surface area contributed by atoms with Crippen molar-refractivity contribution in [1.82, 2.24) is 24.5 Å². The van der Waals surface area contributed by atoms with Gasteiger partial charge in [0.05, 0.1) is 17.6 Å². The van der Waals surface area contributed by atoms with Gasteiger partial charge in [0.15, 0.2) is 15.5 Å². The second-order valence-electron chi connectivity index (χ2n) is 11.4. The number of nitrogen functional groups attached to an aromatic ring is 1. The van der Waals surface area contributed by atoms with Crippen LogP contribution in [0.4, 0.5) is 5.82 Å². The van der Waals surface area contributed by atoms with Crippen LogP contribution in [0.1, 0.15) is 50.1 Å². The minimum Gasteiger partial charge on any atom is -0.382 e. The number of fused-ring (bicyclic) bond motifs is 3. The van der Waals surface area contributed by atoms with Crippen LogP contribution in [0.5, 0.6) is 0 Å². The lowest BCUT2D eigenvalue weighted by molar-refractivity contribution is -0.147. The molecule has 1 amide bonds. The fourth-order valence-electron chi connectivity index (χ4n) is 6.52. The molecule has 206 valence electrons. The number of amides is 1. The first-order chi connectivity index (χ1) is 19.1. The third-order valence-corrected chi connectivity index (χ3v) is 9.81.